The van der Waals surface area contributed by atoms with Crippen LogP contribution in [-0.2, 0) is 17.8 Å². The maximum atomic E-state index is 12.2. The third-order valence-electron chi connectivity index (χ3n) is 4.97. The smallest absolute Gasteiger partial charge is 0.234 e. The van der Waals surface area contributed by atoms with E-state index in [9.17, 15) is 4.79 Å². The van der Waals surface area contributed by atoms with Gasteiger partial charge in [-0.3, -0.25) is 14.6 Å². The molecular weight excluding hydrogens is 358 g/mol. The molecule has 0 saturated carbocycles. The molecule has 0 unspecified atom stereocenters. The Morgan fingerprint density at radius 3 is 2.41 bits per heavy atom. The number of halogens is 1. The molecule has 3 rings (SSSR count). The van der Waals surface area contributed by atoms with E-state index in [4.69, 9.17) is 11.6 Å². The Morgan fingerprint density at radius 2 is 1.70 bits per heavy atom. The molecule has 1 aliphatic heterocycles. The van der Waals surface area contributed by atoms with E-state index in [2.05, 4.69) is 46.3 Å². The molecule has 0 bridgehead atoms. The van der Waals surface area contributed by atoms with Gasteiger partial charge >= 0.3 is 0 Å². The van der Waals surface area contributed by atoms with E-state index < -0.39 is 0 Å². The van der Waals surface area contributed by atoms with Gasteiger partial charge in [-0.2, -0.15) is 0 Å². The molecule has 1 aliphatic rings. The van der Waals surface area contributed by atoms with Crippen molar-refractivity contribution in [3.63, 3.8) is 0 Å². The van der Waals surface area contributed by atoms with Crippen LogP contribution in [0.25, 0.3) is 0 Å². The van der Waals surface area contributed by atoms with E-state index in [1.54, 1.807) is 0 Å². The van der Waals surface area contributed by atoms with Gasteiger partial charge < -0.3 is 5.32 Å². The van der Waals surface area contributed by atoms with Crippen LogP contribution < -0.4 is 5.32 Å². The van der Waals surface area contributed by atoms with Crippen LogP contribution in [0.2, 0.25) is 5.02 Å². The van der Waals surface area contributed by atoms with Gasteiger partial charge in [-0.1, -0.05) is 53.6 Å². The number of benzene rings is 2. The molecule has 1 heterocycles. The standard InChI is InChI=1S/C22H28ClN3O/c1-18-3-2-4-20(15-18)16-25-11-13-26(14-12-25)17-22(27)24-10-9-19-5-7-21(23)8-6-19/h2-8,15H,9-14,16-17H2,1H3,(H,24,27). The van der Waals surface area contributed by atoms with Gasteiger partial charge in [-0.25, -0.2) is 0 Å². The van der Waals surface area contributed by atoms with Crippen molar-refractivity contribution >= 4 is 17.5 Å². The van der Waals surface area contributed by atoms with Gasteiger partial charge in [0.15, 0.2) is 0 Å². The Morgan fingerprint density at radius 1 is 1.00 bits per heavy atom. The normalized spacial score (nSPS) is 15.6. The van der Waals surface area contributed by atoms with Crippen molar-refractivity contribution in [2.45, 2.75) is 19.9 Å². The highest BCUT2D eigenvalue weighted by molar-refractivity contribution is 6.30. The predicted molar refractivity (Wildman–Crippen MR) is 111 cm³/mol. The zero-order valence-corrected chi connectivity index (χ0v) is 16.7. The third kappa shape index (κ3) is 6.65. The van der Waals surface area contributed by atoms with Crippen LogP contribution in [0.15, 0.2) is 48.5 Å². The number of rotatable bonds is 7. The van der Waals surface area contributed by atoms with Crippen LogP contribution in [0.5, 0.6) is 0 Å². The summed E-state index contributed by atoms with van der Waals surface area (Å²) in [7, 11) is 0. The van der Waals surface area contributed by atoms with Gasteiger partial charge in [0.2, 0.25) is 5.91 Å². The van der Waals surface area contributed by atoms with Crippen molar-refractivity contribution < 1.29 is 4.79 Å². The summed E-state index contributed by atoms with van der Waals surface area (Å²) >= 11 is 5.89. The first kappa shape index (κ1) is 19.9. The average Bonchev–Trinajstić information content (AvgIpc) is 2.65. The number of amides is 1. The summed E-state index contributed by atoms with van der Waals surface area (Å²) < 4.78 is 0. The first-order valence-electron chi connectivity index (χ1n) is 9.60. The van der Waals surface area contributed by atoms with Gasteiger partial charge in [-0.05, 0) is 36.6 Å². The van der Waals surface area contributed by atoms with E-state index in [-0.39, 0.29) is 5.91 Å². The maximum absolute atomic E-state index is 12.2. The first-order chi connectivity index (χ1) is 13.1. The molecule has 27 heavy (non-hydrogen) atoms. The zero-order valence-electron chi connectivity index (χ0n) is 16.0. The average molecular weight is 386 g/mol. The Hall–Kier alpha value is -1.88. The number of nitrogens with zero attached hydrogens (tertiary/aromatic N) is 2. The lowest BCUT2D eigenvalue weighted by atomic mass is 10.1. The number of carbonyl (C=O) groups is 1. The van der Waals surface area contributed by atoms with Crippen molar-refractivity contribution in [1.29, 1.82) is 0 Å². The van der Waals surface area contributed by atoms with Crippen molar-refractivity contribution in [2.24, 2.45) is 0 Å². The SMILES string of the molecule is Cc1cccc(CN2CCN(CC(=O)NCCc3ccc(Cl)cc3)CC2)c1. The molecule has 1 N–H and O–H groups in total. The third-order valence-corrected chi connectivity index (χ3v) is 5.22. The van der Waals surface area contributed by atoms with E-state index in [0.717, 1.165) is 44.2 Å². The van der Waals surface area contributed by atoms with E-state index in [1.807, 2.05) is 24.3 Å². The van der Waals surface area contributed by atoms with Crippen molar-refractivity contribution in [3.8, 4) is 0 Å². The lowest BCUT2D eigenvalue weighted by Crippen LogP contribution is -2.49. The van der Waals surface area contributed by atoms with Crippen LogP contribution in [0.3, 0.4) is 0 Å². The fourth-order valence-electron chi connectivity index (χ4n) is 3.43. The molecule has 1 fully saturated rings. The molecule has 1 saturated heterocycles. The molecule has 0 atom stereocenters. The van der Waals surface area contributed by atoms with Gasteiger partial charge in [0, 0.05) is 44.3 Å². The molecule has 2 aromatic rings. The quantitative estimate of drug-likeness (QED) is 0.795. The van der Waals surface area contributed by atoms with E-state index in [0.29, 0.717) is 13.1 Å². The molecule has 2 aromatic carbocycles. The number of piperazine rings is 1. The largest absolute Gasteiger partial charge is 0.355 e. The summed E-state index contributed by atoms with van der Waals surface area (Å²) in [5.74, 6) is 0.107. The number of hydrogen-bond donors (Lipinski definition) is 1. The molecule has 5 heteroatoms. The van der Waals surface area contributed by atoms with Crippen LogP contribution in [-0.4, -0.2) is 55.0 Å². The molecular formula is C22H28ClN3O. The van der Waals surface area contributed by atoms with Crippen molar-refractivity contribution in [3.05, 3.63) is 70.2 Å². The molecule has 0 spiro atoms. The van der Waals surface area contributed by atoms with Gasteiger partial charge in [0.1, 0.15) is 0 Å². The molecule has 0 aliphatic carbocycles. The minimum atomic E-state index is 0.107. The molecule has 1 amide bonds. The number of aryl methyl sites for hydroxylation is 1. The summed E-state index contributed by atoms with van der Waals surface area (Å²) in [5, 5.41) is 3.76. The van der Waals surface area contributed by atoms with Gasteiger partial charge in [-0.15, -0.1) is 0 Å². The zero-order chi connectivity index (χ0) is 19.1. The topological polar surface area (TPSA) is 35.6 Å². The number of nitrogens with one attached hydrogen (secondary N) is 1. The Kier molecular flexibility index (Phi) is 7.27. The summed E-state index contributed by atoms with van der Waals surface area (Å²) in [5.41, 5.74) is 3.86. The lowest BCUT2D eigenvalue weighted by Gasteiger charge is -2.34. The monoisotopic (exact) mass is 385 g/mol. The summed E-state index contributed by atoms with van der Waals surface area (Å²) in [6, 6.07) is 16.5. The first-order valence-corrected chi connectivity index (χ1v) is 9.98. The van der Waals surface area contributed by atoms with Crippen LogP contribution in [0, 0.1) is 6.92 Å². The summed E-state index contributed by atoms with van der Waals surface area (Å²) in [6.07, 6.45) is 0.827. The van der Waals surface area contributed by atoms with Crippen molar-refractivity contribution in [1.82, 2.24) is 15.1 Å². The fraction of sp³-hybridized carbons (Fsp3) is 0.409. The molecule has 4 nitrogen and oxygen atoms in total. The second-order valence-corrected chi connectivity index (χ2v) is 7.70. The Balaban J connectivity index is 1.33. The van der Waals surface area contributed by atoms with Gasteiger partial charge in [0.25, 0.3) is 0 Å². The minimum Gasteiger partial charge on any atom is -0.355 e. The minimum absolute atomic E-state index is 0.107. The number of hydrogen-bond acceptors (Lipinski definition) is 3. The molecule has 144 valence electrons. The van der Waals surface area contributed by atoms with Crippen molar-refractivity contribution in [2.75, 3.05) is 39.3 Å². The van der Waals surface area contributed by atoms with Gasteiger partial charge in [0.05, 0.1) is 6.54 Å². The fourth-order valence-corrected chi connectivity index (χ4v) is 3.56. The van der Waals surface area contributed by atoms with Crippen LogP contribution >= 0.6 is 11.6 Å². The van der Waals surface area contributed by atoms with E-state index in [1.165, 1.54) is 16.7 Å². The van der Waals surface area contributed by atoms with Crippen LogP contribution in [0.1, 0.15) is 16.7 Å². The molecule has 0 aromatic heterocycles. The Labute approximate surface area is 167 Å². The van der Waals surface area contributed by atoms with Crippen LogP contribution in [0.4, 0.5) is 0 Å². The maximum Gasteiger partial charge on any atom is 0.234 e. The lowest BCUT2D eigenvalue weighted by molar-refractivity contribution is -0.122. The highest BCUT2D eigenvalue weighted by Crippen LogP contribution is 2.11. The summed E-state index contributed by atoms with van der Waals surface area (Å²) in [6.45, 7) is 8.16. The second kappa shape index (κ2) is 9.88. The number of carbonyl (C=O) groups excluding carboxylic acids is 1. The summed E-state index contributed by atoms with van der Waals surface area (Å²) in [4.78, 5) is 16.9. The Bertz CT molecular complexity index is 739. The second-order valence-electron chi connectivity index (χ2n) is 7.27. The molecule has 0 radical (unpaired) electrons. The highest BCUT2D eigenvalue weighted by atomic mass is 35.5. The van der Waals surface area contributed by atoms with E-state index >= 15 is 0 Å². The predicted octanol–water partition coefficient (Wildman–Crippen LogP) is 3.12. The highest BCUT2D eigenvalue weighted by Gasteiger charge is 2.18.